The summed E-state index contributed by atoms with van der Waals surface area (Å²) in [5.41, 5.74) is 1.48. The Bertz CT molecular complexity index is 625. The van der Waals surface area contributed by atoms with Crippen LogP contribution in [-0.4, -0.2) is 16.6 Å². The van der Waals surface area contributed by atoms with Crippen LogP contribution in [0.2, 0.25) is 26.2 Å². The number of hydrogen-bond donors (Lipinski definition) is 0. The SMILES string of the molecule is CC(C)Cc1csc([Si](C)(C)O[Si](C)(C)c2ccc(CC(C)C)s2)c1. The normalized spacial score (nSPS) is 13.2. The first-order chi connectivity index (χ1) is 11.5. The molecule has 0 atom stereocenters. The lowest BCUT2D eigenvalue weighted by Crippen LogP contribution is -2.56. The van der Waals surface area contributed by atoms with E-state index in [9.17, 15) is 0 Å². The third-order valence-corrected chi connectivity index (χ3v) is 16.4. The van der Waals surface area contributed by atoms with E-state index in [0.717, 1.165) is 0 Å². The number of hydrogen-bond acceptors (Lipinski definition) is 3. The Balaban J connectivity index is 2.14. The smallest absolute Gasteiger partial charge is 0.216 e. The molecule has 0 unspecified atom stereocenters. The van der Waals surface area contributed by atoms with Crippen LogP contribution in [0.1, 0.15) is 38.1 Å². The number of thiophene rings is 2. The summed E-state index contributed by atoms with van der Waals surface area (Å²) in [6.45, 7) is 18.6. The maximum atomic E-state index is 6.93. The molecule has 0 aliphatic carbocycles. The predicted octanol–water partition coefficient (Wildman–Crippen LogP) is 5.75. The molecule has 25 heavy (non-hydrogen) atoms. The van der Waals surface area contributed by atoms with Gasteiger partial charge in [0.05, 0.1) is 0 Å². The van der Waals surface area contributed by atoms with E-state index in [4.69, 9.17) is 4.12 Å². The lowest BCUT2D eigenvalue weighted by atomic mass is 10.1. The van der Waals surface area contributed by atoms with Gasteiger partial charge in [0.1, 0.15) is 0 Å². The Kier molecular flexibility index (Phi) is 6.93. The maximum Gasteiger partial charge on any atom is 0.216 e. The molecule has 0 fully saturated rings. The zero-order valence-electron chi connectivity index (χ0n) is 17.1. The lowest BCUT2D eigenvalue weighted by Gasteiger charge is -2.32. The Morgan fingerprint density at radius 2 is 1.48 bits per heavy atom. The molecule has 5 heteroatoms. The standard InChI is InChI=1S/C20H34OS2Si2/c1-15(2)11-17-13-20(22-14-17)25(7,8)21-24(5,6)19-10-9-18(23-19)12-16(3)4/h9-10,13-16H,11-12H2,1-8H3. The van der Waals surface area contributed by atoms with Crippen molar-refractivity contribution in [2.45, 2.75) is 66.7 Å². The Labute approximate surface area is 164 Å². The van der Waals surface area contributed by atoms with Gasteiger partial charge in [0.2, 0.25) is 16.6 Å². The summed E-state index contributed by atoms with van der Waals surface area (Å²) in [6, 6.07) is 7.07. The van der Waals surface area contributed by atoms with E-state index in [1.807, 2.05) is 22.7 Å². The summed E-state index contributed by atoms with van der Waals surface area (Å²) in [6.07, 6.45) is 2.35. The minimum absolute atomic E-state index is 0.712. The second-order valence-corrected chi connectivity index (χ2v) is 19.6. The first-order valence-electron chi connectivity index (χ1n) is 9.37. The lowest BCUT2D eigenvalue weighted by molar-refractivity contribution is 0.575. The molecule has 0 saturated heterocycles. The van der Waals surface area contributed by atoms with E-state index in [0.29, 0.717) is 11.8 Å². The molecule has 2 aromatic rings. The van der Waals surface area contributed by atoms with Crippen molar-refractivity contribution in [2.75, 3.05) is 0 Å². The summed E-state index contributed by atoms with van der Waals surface area (Å²) < 4.78 is 9.91. The first kappa shape index (κ1) is 21.1. The summed E-state index contributed by atoms with van der Waals surface area (Å²) in [4.78, 5) is 1.50. The summed E-state index contributed by atoms with van der Waals surface area (Å²) in [5, 5.41) is 2.34. The molecule has 0 radical (unpaired) electrons. The summed E-state index contributed by atoms with van der Waals surface area (Å²) in [7, 11) is -3.73. The zero-order chi connectivity index (χ0) is 18.8. The molecule has 0 saturated carbocycles. The van der Waals surface area contributed by atoms with Gasteiger partial charge in [0.15, 0.2) is 0 Å². The Morgan fingerprint density at radius 3 is 2.08 bits per heavy atom. The highest BCUT2D eigenvalue weighted by Crippen LogP contribution is 2.23. The van der Waals surface area contributed by atoms with Crippen LogP contribution in [0.5, 0.6) is 0 Å². The van der Waals surface area contributed by atoms with E-state index in [-0.39, 0.29) is 0 Å². The predicted molar refractivity (Wildman–Crippen MR) is 121 cm³/mol. The molecule has 0 aliphatic rings. The minimum Gasteiger partial charge on any atom is -0.448 e. The van der Waals surface area contributed by atoms with Crippen molar-refractivity contribution in [2.24, 2.45) is 11.8 Å². The molecule has 0 bridgehead atoms. The number of rotatable bonds is 8. The topological polar surface area (TPSA) is 9.23 Å². The van der Waals surface area contributed by atoms with Crippen LogP contribution in [-0.2, 0) is 17.0 Å². The molecule has 1 nitrogen and oxygen atoms in total. The molecule has 140 valence electrons. The first-order valence-corrected chi connectivity index (χ1v) is 16.9. The summed E-state index contributed by atoms with van der Waals surface area (Å²) in [5.74, 6) is 1.43. The summed E-state index contributed by atoms with van der Waals surface area (Å²) >= 11 is 3.89. The maximum absolute atomic E-state index is 6.93. The van der Waals surface area contributed by atoms with Gasteiger partial charge in [0.25, 0.3) is 0 Å². The van der Waals surface area contributed by atoms with Gasteiger partial charge >= 0.3 is 0 Å². The Hall–Kier alpha value is -0.206. The fourth-order valence-electron chi connectivity index (χ4n) is 3.22. The highest BCUT2D eigenvalue weighted by molar-refractivity contribution is 7.28. The van der Waals surface area contributed by atoms with Gasteiger partial charge in [-0.1, -0.05) is 27.7 Å². The molecule has 2 heterocycles. The van der Waals surface area contributed by atoms with Crippen molar-refractivity contribution in [3.8, 4) is 0 Å². The molecular formula is C20H34OS2Si2. The second-order valence-electron chi connectivity index (χ2n) is 8.90. The van der Waals surface area contributed by atoms with Crippen LogP contribution < -0.4 is 9.00 Å². The van der Waals surface area contributed by atoms with Crippen molar-refractivity contribution in [3.63, 3.8) is 0 Å². The van der Waals surface area contributed by atoms with E-state index < -0.39 is 16.6 Å². The van der Waals surface area contributed by atoms with Crippen LogP contribution >= 0.6 is 22.7 Å². The molecule has 2 aromatic heterocycles. The second kappa shape index (κ2) is 8.21. The highest BCUT2D eigenvalue weighted by Gasteiger charge is 2.37. The van der Waals surface area contributed by atoms with Gasteiger partial charge in [-0.3, -0.25) is 0 Å². The molecular weight excluding hydrogens is 377 g/mol. The van der Waals surface area contributed by atoms with Gasteiger partial charge in [-0.05, 0) is 80.0 Å². The monoisotopic (exact) mass is 410 g/mol. The molecule has 0 amide bonds. The molecule has 0 aliphatic heterocycles. The van der Waals surface area contributed by atoms with Gasteiger partial charge < -0.3 is 4.12 Å². The van der Waals surface area contributed by atoms with E-state index >= 15 is 0 Å². The molecule has 0 N–H and O–H groups in total. The average molecular weight is 411 g/mol. The van der Waals surface area contributed by atoms with Crippen LogP contribution in [0.25, 0.3) is 0 Å². The third-order valence-electron chi connectivity index (χ3n) is 4.27. The van der Waals surface area contributed by atoms with Crippen molar-refractivity contribution in [1.82, 2.24) is 0 Å². The molecule has 0 aromatic carbocycles. The zero-order valence-corrected chi connectivity index (χ0v) is 20.7. The van der Waals surface area contributed by atoms with Crippen LogP contribution in [0.4, 0.5) is 0 Å². The molecule has 0 spiro atoms. The van der Waals surface area contributed by atoms with Crippen molar-refractivity contribution < 1.29 is 4.12 Å². The van der Waals surface area contributed by atoms with Crippen molar-refractivity contribution >= 4 is 48.3 Å². The van der Waals surface area contributed by atoms with Crippen LogP contribution in [0.15, 0.2) is 23.6 Å². The van der Waals surface area contributed by atoms with Gasteiger partial charge in [0, 0.05) is 13.9 Å². The van der Waals surface area contributed by atoms with Crippen molar-refractivity contribution in [1.29, 1.82) is 0 Å². The van der Waals surface area contributed by atoms with E-state index in [1.54, 1.807) is 0 Å². The van der Waals surface area contributed by atoms with E-state index in [2.05, 4.69) is 77.5 Å². The van der Waals surface area contributed by atoms with Crippen molar-refractivity contribution in [3.05, 3.63) is 34.0 Å². The quantitative estimate of drug-likeness (QED) is 0.504. The van der Waals surface area contributed by atoms with Crippen LogP contribution in [0.3, 0.4) is 0 Å². The van der Waals surface area contributed by atoms with E-state index in [1.165, 1.54) is 32.3 Å². The highest BCUT2D eigenvalue weighted by atomic mass is 32.1. The average Bonchev–Trinajstić information content (AvgIpc) is 3.06. The third kappa shape index (κ3) is 5.89. The van der Waals surface area contributed by atoms with Gasteiger partial charge in [-0.2, -0.15) is 11.3 Å². The fourth-order valence-corrected chi connectivity index (χ4v) is 15.2. The largest absolute Gasteiger partial charge is 0.448 e. The van der Waals surface area contributed by atoms with Gasteiger partial charge in [-0.15, -0.1) is 11.3 Å². The fraction of sp³-hybridized carbons (Fsp3) is 0.600. The van der Waals surface area contributed by atoms with Gasteiger partial charge in [-0.25, -0.2) is 0 Å². The van der Waals surface area contributed by atoms with Crippen LogP contribution in [0, 0.1) is 11.8 Å². The minimum atomic E-state index is -1.86. The molecule has 2 rings (SSSR count). The Morgan fingerprint density at radius 1 is 0.880 bits per heavy atom.